The van der Waals surface area contributed by atoms with Crippen LogP contribution >= 0.6 is 0 Å². The molecule has 0 radical (unpaired) electrons. The van der Waals surface area contributed by atoms with Crippen molar-refractivity contribution in [3.8, 4) is 0 Å². The van der Waals surface area contributed by atoms with Crippen molar-refractivity contribution in [2.24, 2.45) is 5.92 Å². The van der Waals surface area contributed by atoms with Crippen molar-refractivity contribution in [3.63, 3.8) is 0 Å². The van der Waals surface area contributed by atoms with Gasteiger partial charge in [0.05, 0.1) is 0 Å². The van der Waals surface area contributed by atoms with Crippen molar-refractivity contribution in [1.82, 2.24) is 20.9 Å². The molecule has 0 bridgehead atoms. The van der Waals surface area contributed by atoms with E-state index in [2.05, 4.69) is 38.5 Å². The Morgan fingerprint density at radius 1 is 1.20 bits per heavy atom. The lowest BCUT2D eigenvalue weighted by Crippen LogP contribution is -2.60. The molecule has 3 heterocycles. The van der Waals surface area contributed by atoms with E-state index in [1.807, 2.05) is 18.2 Å². The molecule has 2 aromatic rings. The van der Waals surface area contributed by atoms with Gasteiger partial charge in [-0.15, -0.1) is 0 Å². The standard InChI is InChI=1S/C22H32N6O2/c1-13-6-7-17(26-21(29)20-14(2)30-15(3)25-20)11-19(13)28-22-24-10-8-18(27-22)16-5-4-9-23-12-16/h6-7,11,16,18,22-24,27-28H,4-5,8-10,12H2,1-3H3,(H,26,29). The topological polar surface area (TPSA) is 103 Å². The van der Waals surface area contributed by atoms with E-state index in [1.165, 1.54) is 12.8 Å². The first-order valence-electron chi connectivity index (χ1n) is 10.8. The maximum absolute atomic E-state index is 12.6. The minimum absolute atomic E-state index is 0.00392. The number of carbonyl (C=O) groups excluding carboxylic acids is 1. The van der Waals surface area contributed by atoms with E-state index in [9.17, 15) is 4.79 Å². The van der Waals surface area contributed by atoms with Crippen LogP contribution in [0.2, 0.25) is 0 Å². The normalized spacial score (nSPS) is 24.4. The number of anilines is 2. The second-order valence-electron chi connectivity index (χ2n) is 8.32. The predicted octanol–water partition coefficient (Wildman–Crippen LogP) is 2.50. The summed E-state index contributed by atoms with van der Waals surface area (Å²) in [6, 6.07) is 6.37. The summed E-state index contributed by atoms with van der Waals surface area (Å²) in [6.07, 6.45) is 3.66. The highest BCUT2D eigenvalue weighted by Crippen LogP contribution is 2.23. The fraction of sp³-hybridized carbons (Fsp3) is 0.545. The lowest BCUT2D eigenvalue weighted by molar-refractivity contribution is 0.102. The quantitative estimate of drug-likeness (QED) is 0.514. The van der Waals surface area contributed by atoms with Crippen LogP contribution in [0.5, 0.6) is 0 Å². The number of aryl methyl sites for hydroxylation is 3. The maximum Gasteiger partial charge on any atom is 0.277 e. The van der Waals surface area contributed by atoms with Crippen LogP contribution in [0.3, 0.4) is 0 Å². The highest BCUT2D eigenvalue weighted by molar-refractivity contribution is 6.03. The Morgan fingerprint density at radius 3 is 2.80 bits per heavy atom. The van der Waals surface area contributed by atoms with Crippen molar-refractivity contribution < 1.29 is 9.21 Å². The van der Waals surface area contributed by atoms with Crippen LogP contribution < -0.4 is 26.6 Å². The number of rotatable bonds is 5. The average Bonchev–Trinajstić information content (AvgIpc) is 3.09. The molecular formula is C22H32N6O2. The van der Waals surface area contributed by atoms with Crippen LogP contribution in [0.1, 0.15) is 47.0 Å². The van der Waals surface area contributed by atoms with Gasteiger partial charge in [0.15, 0.2) is 11.6 Å². The molecule has 2 saturated heterocycles. The van der Waals surface area contributed by atoms with E-state index in [0.717, 1.165) is 43.0 Å². The van der Waals surface area contributed by atoms with Gasteiger partial charge in [-0.05, 0) is 76.4 Å². The first kappa shape index (κ1) is 20.8. The van der Waals surface area contributed by atoms with Crippen molar-refractivity contribution in [3.05, 3.63) is 41.1 Å². The van der Waals surface area contributed by atoms with Crippen LogP contribution in [-0.2, 0) is 0 Å². The summed E-state index contributed by atoms with van der Waals surface area (Å²) in [6.45, 7) is 8.74. The molecule has 2 fully saturated rings. The van der Waals surface area contributed by atoms with Gasteiger partial charge in [0.2, 0.25) is 0 Å². The third-order valence-electron chi connectivity index (χ3n) is 6.00. The van der Waals surface area contributed by atoms with E-state index in [1.54, 1.807) is 13.8 Å². The zero-order valence-corrected chi connectivity index (χ0v) is 18.0. The van der Waals surface area contributed by atoms with Crippen LogP contribution in [-0.4, -0.2) is 42.9 Å². The van der Waals surface area contributed by atoms with Gasteiger partial charge in [-0.1, -0.05) is 6.07 Å². The average molecular weight is 413 g/mol. The van der Waals surface area contributed by atoms with Crippen LogP contribution in [0.15, 0.2) is 22.6 Å². The molecule has 5 N–H and O–H groups in total. The lowest BCUT2D eigenvalue weighted by Gasteiger charge is -2.39. The minimum atomic E-state index is -0.266. The Bertz CT molecular complexity index is 890. The lowest BCUT2D eigenvalue weighted by atomic mass is 9.89. The molecule has 0 aliphatic carbocycles. The van der Waals surface area contributed by atoms with Crippen LogP contribution in [0.4, 0.5) is 11.4 Å². The second kappa shape index (κ2) is 9.16. The number of hydrogen-bond acceptors (Lipinski definition) is 7. The summed E-state index contributed by atoms with van der Waals surface area (Å²) in [4.78, 5) is 16.7. The molecule has 3 atom stereocenters. The zero-order chi connectivity index (χ0) is 21.1. The van der Waals surface area contributed by atoms with Gasteiger partial charge in [0.1, 0.15) is 12.0 Å². The molecule has 1 aromatic heterocycles. The summed E-state index contributed by atoms with van der Waals surface area (Å²) in [5, 5.41) is 17.2. The fourth-order valence-corrected chi connectivity index (χ4v) is 4.37. The first-order valence-corrected chi connectivity index (χ1v) is 10.8. The molecule has 0 spiro atoms. The Balaban J connectivity index is 1.41. The van der Waals surface area contributed by atoms with E-state index >= 15 is 0 Å². The third-order valence-corrected chi connectivity index (χ3v) is 6.00. The van der Waals surface area contributed by atoms with E-state index < -0.39 is 0 Å². The molecule has 30 heavy (non-hydrogen) atoms. The Kier molecular flexibility index (Phi) is 6.36. The number of oxazole rings is 1. The van der Waals surface area contributed by atoms with E-state index in [4.69, 9.17) is 4.42 Å². The number of piperidine rings is 1. The maximum atomic E-state index is 12.6. The van der Waals surface area contributed by atoms with Gasteiger partial charge in [0, 0.05) is 24.3 Å². The molecule has 8 nitrogen and oxygen atoms in total. The highest BCUT2D eigenvalue weighted by atomic mass is 16.4. The fourth-order valence-electron chi connectivity index (χ4n) is 4.37. The molecule has 4 rings (SSSR count). The summed E-state index contributed by atoms with van der Waals surface area (Å²) < 4.78 is 5.37. The van der Waals surface area contributed by atoms with Crippen molar-refractivity contribution in [2.45, 2.75) is 52.4 Å². The molecule has 2 aliphatic rings. The number of aromatic nitrogens is 1. The monoisotopic (exact) mass is 412 g/mol. The van der Waals surface area contributed by atoms with E-state index in [-0.39, 0.29) is 12.2 Å². The van der Waals surface area contributed by atoms with E-state index in [0.29, 0.717) is 29.3 Å². The zero-order valence-electron chi connectivity index (χ0n) is 18.0. The molecule has 8 heteroatoms. The molecular weight excluding hydrogens is 380 g/mol. The molecule has 2 aliphatic heterocycles. The number of hydrogen-bond donors (Lipinski definition) is 5. The van der Waals surface area contributed by atoms with Gasteiger partial charge in [-0.25, -0.2) is 4.98 Å². The van der Waals surface area contributed by atoms with Crippen LogP contribution in [0.25, 0.3) is 0 Å². The predicted molar refractivity (Wildman–Crippen MR) is 118 cm³/mol. The van der Waals surface area contributed by atoms with Crippen molar-refractivity contribution in [2.75, 3.05) is 30.3 Å². The molecule has 3 unspecified atom stereocenters. The van der Waals surface area contributed by atoms with Gasteiger partial charge in [-0.2, -0.15) is 0 Å². The molecule has 162 valence electrons. The van der Waals surface area contributed by atoms with Crippen LogP contribution in [0, 0.1) is 26.7 Å². The smallest absolute Gasteiger partial charge is 0.277 e. The second-order valence-corrected chi connectivity index (χ2v) is 8.32. The Morgan fingerprint density at radius 2 is 2.07 bits per heavy atom. The number of nitrogens with one attached hydrogen (secondary N) is 5. The molecule has 1 amide bonds. The Hall–Kier alpha value is -2.42. The van der Waals surface area contributed by atoms with Gasteiger partial charge < -0.3 is 20.4 Å². The first-order chi connectivity index (χ1) is 14.5. The van der Waals surface area contributed by atoms with Gasteiger partial charge in [0.25, 0.3) is 5.91 Å². The SMILES string of the molecule is Cc1nc(C(=O)Nc2ccc(C)c(NC3NCCC(C4CCCNC4)N3)c2)c(C)o1. The summed E-state index contributed by atoms with van der Waals surface area (Å²) >= 11 is 0. The minimum Gasteiger partial charge on any atom is -0.445 e. The summed E-state index contributed by atoms with van der Waals surface area (Å²) in [5.74, 6) is 1.42. The largest absolute Gasteiger partial charge is 0.445 e. The van der Waals surface area contributed by atoms with Gasteiger partial charge in [-0.3, -0.25) is 15.4 Å². The molecule has 0 saturated carbocycles. The Labute approximate surface area is 177 Å². The van der Waals surface area contributed by atoms with Crippen molar-refractivity contribution >= 4 is 17.3 Å². The number of amides is 1. The number of benzene rings is 1. The molecule has 1 aromatic carbocycles. The summed E-state index contributed by atoms with van der Waals surface area (Å²) in [5.41, 5.74) is 3.14. The summed E-state index contributed by atoms with van der Waals surface area (Å²) in [7, 11) is 0. The van der Waals surface area contributed by atoms with Gasteiger partial charge >= 0.3 is 0 Å². The number of carbonyl (C=O) groups is 1. The third kappa shape index (κ3) is 4.83. The van der Waals surface area contributed by atoms with Crippen molar-refractivity contribution in [1.29, 1.82) is 0 Å². The number of nitrogens with zero attached hydrogens (tertiary/aromatic N) is 1. The highest BCUT2D eigenvalue weighted by Gasteiger charge is 2.28.